The Kier molecular flexibility index (Phi) is 5.85. The summed E-state index contributed by atoms with van der Waals surface area (Å²) in [4.78, 5) is 8.39. The summed E-state index contributed by atoms with van der Waals surface area (Å²) in [5.41, 5.74) is 5.72. The Hall–Kier alpha value is -1.36. The van der Waals surface area contributed by atoms with Gasteiger partial charge in [0.15, 0.2) is 0 Å². The molecule has 0 saturated carbocycles. The minimum Gasteiger partial charge on any atom is -0.370 e. The van der Waals surface area contributed by atoms with Crippen LogP contribution in [0.1, 0.15) is 33.6 Å². The standard InChI is InChI=1S/C13H25N5/c1-4-13(2,3)9-16-12-8-11(17-10-18-12)15-7-5-6-14/h8,10H,4-7,9,14H2,1-3H3,(H2,15,16,17,18). The van der Waals surface area contributed by atoms with Crippen LogP contribution in [0.15, 0.2) is 12.4 Å². The van der Waals surface area contributed by atoms with E-state index in [0.29, 0.717) is 6.54 Å². The van der Waals surface area contributed by atoms with Crippen molar-refractivity contribution in [1.29, 1.82) is 0 Å². The molecule has 5 nitrogen and oxygen atoms in total. The summed E-state index contributed by atoms with van der Waals surface area (Å²) in [5, 5.41) is 6.58. The van der Waals surface area contributed by atoms with Gasteiger partial charge >= 0.3 is 0 Å². The molecule has 1 rings (SSSR count). The van der Waals surface area contributed by atoms with Gasteiger partial charge in [-0.2, -0.15) is 0 Å². The number of nitrogens with zero attached hydrogens (tertiary/aromatic N) is 2. The first-order chi connectivity index (χ1) is 8.57. The Labute approximate surface area is 110 Å². The highest BCUT2D eigenvalue weighted by Crippen LogP contribution is 2.20. The van der Waals surface area contributed by atoms with Crippen molar-refractivity contribution < 1.29 is 0 Å². The first-order valence-corrected chi connectivity index (χ1v) is 6.57. The number of hydrogen-bond donors (Lipinski definition) is 3. The van der Waals surface area contributed by atoms with Crippen molar-refractivity contribution in [3.63, 3.8) is 0 Å². The molecule has 4 N–H and O–H groups in total. The maximum atomic E-state index is 5.45. The van der Waals surface area contributed by atoms with Crippen molar-refractivity contribution in [2.24, 2.45) is 11.1 Å². The van der Waals surface area contributed by atoms with E-state index in [2.05, 4.69) is 41.4 Å². The minimum absolute atomic E-state index is 0.276. The van der Waals surface area contributed by atoms with E-state index in [1.807, 2.05) is 6.07 Å². The van der Waals surface area contributed by atoms with Crippen molar-refractivity contribution in [3.05, 3.63) is 12.4 Å². The molecule has 0 atom stereocenters. The number of nitrogens with two attached hydrogens (primary N) is 1. The minimum atomic E-state index is 0.276. The van der Waals surface area contributed by atoms with Gasteiger partial charge in [0, 0.05) is 19.2 Å². The smallest absolute Gasteiger partial charge is 0.131 e. The molecule has 0 unspecified atom stereocenters. The van der Waals surface area contributed by atoms with Crippen LogP contribution in [-0.2, 0) is 0 Å². The Balaban J connectivity index is 2.49. The molecular formula is C13H25N5. The lowest BCUT2D eigenvalue weighted by Gasteiger charge is -2.23. The maximum absolute atomic E-state index is 5.45. The van der Waals surface area contributed by atoms with E-state index >= 15 is 0 Å². The zero-order valence-corrected chi connectivity index (χ0v) is 11.7. The zero-order chi connectivity index (χ0) is 13.4. The molecule has 0 aliphatic carbocycles. The summed E-state index contributed by atoms with van der Waals surface area (Å²) in [6, 6.07) is 1.93. The highest BCUT2D eigenvalue weighted by Gasteiger charge is 2.14. The zero-order valence-electron chi connectivity index (χ0n) is 11.7. The van der Waals surface area contributed by atoms with Crippen LogP contribution in [0.3, 0.4) is 0 Å². The van der Waals surface area contributed by atoms with Gasteiger partial charge in [0.2, 0.25) is 0 Å². The third-order valence-electron chi connectivity index (χ3n) is 3.06. The first kappa shape index (κ1) is 14.7. The molecule has 0 aromatic carbocycles. The molecule has 0 aliphatic heterocycles. The Bertz CT molecular complexity index is 351. The van der Waals surface area contributed by atoms with Crippen LogP contribution in [-0.4, -0.2) is 29.6 Å². The van der Waals surface area contributed by atoms with E-state index in [9.17, 15) is 0 Å². The number of nitrogens with one attached hydrogen (secondary N) is 2. The molecule has 5 heteroatoms. The van der Waals surface area contributed by atoms with Crippen molar-refractivity contribution in [2.75, 3.05) is 30.3 Å². The second kappa shape index (κ2) is 7.16. The lowest BCUT2D eigenvalue weighted by Crippen LogP contribution is -2.22. The van der Waals surface area contributed by atoms with Crippen LogP contribution in [0.5, 0.6) is 0 Å². The van der Waals surface area contributed by atoms with Gasteiger partial charge in [-0.25, -0.2) is 9.97 Å². The van der Waals surface area contributed by atoms with Gasteiger partial charge in [0.05, 0.1) is 0 Å². The molecule has 1 aromatic heterocycles. The first-order valence-electron chi connectivity index (χ1n) is 6.57. The average molecular weight is 251 g/mol. The number of hydrogen-bond acceptors (Lipinski definition) is 5. The van der Waals surface area contributed by atoms with E-state index in [1.54, 1.807) is 6.33 Å². The van der Waals surface area contributed by atoms with Crippen LogP contribution < -0.4 is 16.4 Å². The predicted molar refractivity (Wildman–Crippen MR) is 76.8 cm³/mol. The average Bonchev–Trinajstić information content (AvgIpc) is 2.38. The third kappa shape index (κ3) is 5.31. The van der Waals surface area contributed by atoms with Crippen molar-refractivity contribution >= 4 is 11.6 Å². The van der Waals surface area contributed by atoms with Crippen LogP contribution in [0.2, 0.25) is 0 Å². The van der Waals surface area contributed by atoms with Crippen LogP contribution in [0.4, 0.5) is 11.6 Å². The SMILES string of the molecule is CCC(C)(C)CNc1cc(NCCCN)ncn1. The maximum Gasteiger partial charge on any atom is 0.131 e. The lowest BCUT2D eigenvalue weighted by atomic mass is 9.90. The number of aromatic nitrogens is 2. The summed E-state index contributed by atoms with van der Waals surface area (Å²) in [7, 11) is 0. The summed E-state index contributed by atoms with van der Waals surface area (Å²) in [5.74, 6) is 1.71. The van der Waals surface area contributed by atoms with Gasteiger partial charge in [-0.05, 0) is 24.8 Å². The fourth-order valence-electron chi connectivity index (χ4n) is 1.32. The normalized spacial score (nSPS) is 11.3. The van der Waals surface area contributed by atoms with E-state index in [4.69, 9.17) is 5.73 Å². The molecule has 0 amide bonds. The Morgan fingerprint density at radius 1 is 1.22 bits per heavy atom. The van der Waals surface area contributed by atoms with E-state index in [-0.39, 0.29) is 5.41 Å². The molecule has 0 fully saturated rings. The highest BCUT2D eigenvalue weighted by atomic mass is 15.1. The second-order valence-electron chi connectivity index (χ2n) is 5.23. The third-order valence-corrected chi connectivity index (χ3v) is 3.06. The lowest BCUT2D eigenvalue weighted by molar-refractivity contribution is 0.376. The second-order valence-corrected chi connectivity index (χ2v) is 5.23. The Morgan fingerprint density at radius 3 is 2.50 bits per heavy atom. The van der Waals surface area contributed by atoms with Gasteiger partial charge < -0.3 is 16.4 Å². The van der Waals surface area contributed by atoms with Gasteiger partial charge in [0.1, 0.15) is 18.0 Å². The van der Waals surface area contributed by atoms with Crippen LogP contribution in [0, 0.1) is 5.41 Å². The van der Waals surface area contributed by atoms with Gasteiger partial charge in [-0.1, -0.05) is 20.8 Å². The van der Waals surface area contributed by atoms with Gasteiger partial charge in [-0.15, -0.1) is 0 Å². The van der Waals surface area contributed by atoms with Crippen LogP contribution in [0.25, 0.3) is 0 Å². The monoisotopic (exact) mass is 251 g/mol. The highest BCUT2D eigenvalue weighted by molar-refractivity contribution is 5.46. The van der Waals surface area contributed by atoms with E-state index in [1.165, 1.54) is 0 Å². The topological polar surface area (TPSA) is 75.9 Å². The largest absolute Gasteiger partial charge is 0.370 e. The van der Waals surface area contributed by atoms with E-state index in [0.717, 1.165) is 37.6 Å². The van der Waals surface area contributed by atoms with Crippen molar-refractivity contribution in [2.45, 2.75) is 33.6 Å². The van der Waals surface area contributed by atoms with Gasteiger partial charge in [-0.3, -0.25) is 0 Å². The van der Waals surface area contributed by atoms with Crippen molar-refractivity contribution in [1.82, 2.24) is 9.97 Å². The molecule has 0 aliphatic rings. The molecule has 0 saturated heterocycles. The quantitative estimate of drug-likeness (QED) is 0.617. The molecule has 1 heterocycles. The molecule has 1 aromatic rings. The summed E-state index contributed by atoms with van der Waals surface area (Å²) >= 11 is 0. The van der Waals surface area contributed by atoms with Crippen molar-refractivity contribution in [3.8, 4) is 0 Å². The summed E-state index contributed by atoms with van der Waals surface area (Å²) in [6.45, 7) is 9.11. The molecule has 102 valence electrons. The Morgan fingerprint density at radius 2 is 1.89 bits per heavy atom. The predicted octanol–water partition coefficient (Wildman–Crippen LogP) is 2.09. The fourth-order valence-corrected chi connectivity index (χ4v) is 1.32. The summed E-state index contributed by atoms with van der Waals surface area (Å²) in [6.07, 6.45) is 3.65. The summed E-state index contributed by atoms with van der Waals surface area (Å²) < 4.78 is 0. The van der Waals surface area contributed by atoms with Gasteiger partial charge in [0.25, 0.3) is 0 Å². The molecule has 0 radical (unpaired) electrons. The number of anilines is 2. The van der Waals surface area contributed by atoms with E-state index < -0.39 is 0 Å². The molecule has 18 heavy (non-hydrogen) atoms. The fraction of sp³-hybridized carbons (Fsp3) is 0.692. The molecule has 0 bridgehead atoms. The number of rotatable bonds is 8. The van der Waals surface area contributed by atoms with Crippen LogP contribution >= 0.6 is 0 Å². The molecular weight excluding hydrogens is 226 g/mol. The molecule has 0 spiro atoms.